The molecule has 0 aliphatic rings. The predicted octanol–water partition coefficient (Wildman–Crippen LogP) is 6.07. The van der Waals surface area contributed by atoms with E-state index in [0.29, 0.717) is 0 Å². The molecule has 25 heavy (non-hydrogen) atoms. The van der Waals surface area contributed by atoms with Gasteiger partial charge in [-0.15, -0.1) is 11.3 Å². The third-order valence-electron chi connectivity index (χ3n) is 4.42. The first-order valence-electron chi connectivity index (χ1n) is 8.53. The highest BCUT2D eigenvalue weighted by Crippen LogP contribution is 2.35. The molecule has 0 spiro atoms. The summed E-state index contributed by atoms with van der Waals surface area (Å²) in [6.45, 7) is 5.82. The first-order chi connectivity index (χ1) is 12.2. The van der Waals surface area contributed by atoms with Crippen LogP contribution in [-0.4, -0.2) is 0 Å². The molecule has 0 fully saturated rings. The Kier molecular flexibility index (Phi) is 4.43. The summed E-state index contributed by atoms with van der Waals surface area (Å²) in [4.78, 5) is 1.34. The van der Waals surface area contributed by atoms with Crippen molar-refractivity contribution in [3.8, 4) is 11.1 Å². The molecule has 126 valence electrons. The lowest BCUT2D eigenvalue weighted by molar-refractivity contribution is 0.516. The molecule has 4 rings (SSSR count). The van der Waals surface area contributed by atoms with Gasteiger partial charge in [-0.05, 0) is 43.0 Å². The Morgan fingerprint density at radius 2 is 1.72 bits per heavy atom. The largest absolute Gasteiger partial charge is 0.459 e. The third-order valence-corrected chi connectivity index (χ3v) is 5.30. The zero-order valence-electron chi connectivity index (χ0n) is 14.5. The number of aryl methyl sites for hydroxylation is 2. The SMILES string of the molecule is Cc1ccc(-c2c(CNCc3cccs3)oc3ccc(C)cc23)cc1. The van der Waals surface area contributed by atoms with Gasteiger partial charge < -0.3 is 9.73 Å². The maximum absolute atomic E-state index is 6.20. The Morgan fingerprint density at radius 3 is 2.48 bits per heavy atom. The van der Waals surface area contributed by atoms with Gasteiger partial charge in [-0.2, -0.15) is 0 Å². The molecule has 3 heteroatoms. The van der Waals surface area contributed by atoms with Crippen molar-refractivity contribution in [3.05, 3.63) is 81.7 Å². The number of benzene rings is 2. The molecule has 0 atom stereocenters. The van der Waals surface area contributed by atoms with E-state index in [9.17, 15) is 0 Å². The third kappa shape index (κ3) is 3.39. The van der Waals surface area contributed by atoms with Crippen LogP contribution in [-0.2, 0) is 13.1 Å². The molecular formula is C22H21NOS. The lowest BCUT2D eigenvalue weighted by atomic mass is 10.00. The first kappa shape index (κ1) is 16.1. The minimum Gasteiger partial charge on any atom is -0.459 e. The molecule has 0 aliphatic heterocycles. The van der Waals surface area contributed by atoms with E-state index in [1.807, 2.05) is 0 Å². The summed E-state index contributed by atoms with van der Waals surface area (Å²) in [5.74, 6) is 1.00. The summed E-state index contributed by atoms with van der Waals surface area (Å²) in [6, 6.07) is 19.3. The summed E-state index contributed by atoms with van der Waals surface area (Å²) in [5.41, 5.74) is 5.89. The van der Waals surface area contributed by atoms with Crippen molar-refractivity contribution in [2.24, 2.45) is 0 Å². The molecule has 0 saturated carbocycles. The number of hydrogen-bond acceptors (Lipinski definition) is 3. The Labute approximate surface area is 152 Å². The summed E-state index contributed by atoms with van der Waals surface area (Å²) < 4.78 is 6.20. The second-order valence-corrected chi connectivity index (χ2v) is 7.48. The van der Waals surface area contributed by atoms with Crippen LogP contribution in [0.4, 0.5) is 0 Å². The molecule has 0 bridgehead atoms. The summed E-state index contributed by atoms with van der Waals surface area (Å²) in [5, 5.41) is 6.82. The second-order valence-electron chi connectivity index (χ2n) is 6.45. The molecule has 2 nitrogen and oxygen atoms in total. The smallest absolute Gasteiger partial charge is 0.135 e. The Hall–Kier alpha value is -2.36. The highest BCUT2D eigenvalue weighted by atomic mass is 32.1. The van der Waals surface area contributed by atoms with Gasteiger partial charge in [-0.1, -0.05) is 47.5 Å². The summed E-state index contributed by atoms with van der Waals surface area (Å²) in [7, 11) is 0. The van der Waals surface area contributed by atoms with Crippen LogP contribution < -0.4 is 5.32 Å². The van der Waals surface area contributed by atoms with Gasteiger partial charge in [0, 0.05) is 22.4 Å². The van der Waals surface area contributed by atoms with Crippen molar-refractivity contribution in [2.75, 3.05) is 0 Å². The second kappa shape index (κ2) is 6.87. The first-order valence-corrected chi connectivity index (χ1v) is 9.41. The van der Waals surface area contributed by atoms with Gasteiger partial charge in [0.25, 0.3) is 0 Å². The highest BCUT2D eigenvalue weighted by molar-refractivity contribution is 7.09. The Balaban J connectivity index is 1.71. The van der Waals surface area contributed by atoms with Crippen LogP contribution in [0.25, 0.3) is 22.1 Å². The molecule has 0 amide bonds. The lowest BCUT2D eigenvalue weighted by Crippen LogP contribution is -2.11. The average molecular weight is 347 g/mol. The molecule has 2 aromatic heterocycles. The van der Waals surface area contributed by atoms with Crippen LogP contribution in [0.5, 0.6) is 0 Å². The zero-order chi connectivity index (χ0) is 17.2. The van der Waals surface area contributed by atoms with E-state index >= 15 is 0 Å². The fourth-order valence-electron chi connectivity index (χ4n) is 3.14. The Morgan fingerprint density at radius 1 is 0.920 bits per heavy atom. The van der Waals surface area contributed by atoms with E-state index < -0.39 is 0 Å². The standard InChI is InChI=1S/C22H21NOS/c1-15-5-8-17(9-6-15)22-19-12-16(2)7-10-20(19)24-21(22)14-23-13-18-4-3-11-25-18/h3-12,23H,13-14H2,1-2H3. The average Bonchev–Trinajstić information content (AvgIpc) is 3.23. The maximum atomic E-state index is 6.20. The zero-order valence-corrected chi connectivity index (χ0v) is 15.3. The number of furan rings is 1. The molecule has 2 heterocycles. The number of nitrogens with one attached hydrogen (secondary N) is 1. The van der Waals surface area contributed by atoms with E-state index in [1.54, 1.807) is 11.3 Å². The van der Waals surface area contributed by atoms with Crippen molar-refractivity contribution in [1.29, 1.82) is 0 Å². The fourth-order valence-corrected chi connectivity index (χ4v) is 3.81. The van der Waals surface area contributed by atoms with Crippen molar-refractivity contribution in [2.45, 2.75) is 26.9 Å². The number of thiophene rings is 1. The van der Waals surface area contributed by atoms with Crippen LogP contribution in [0.15, 0.2) is 64.4 Å². The molecule has 1 N–H and O–H groups in total. The van der Waals surface area contributed by atoms with Gasteiger partial charge in [0.1, 0.15) is 11.3 Å². The van der Waals surface area contributed by atoms with E-state index in [0.717, 1.165) is 24.4 Å². The van der Waals surface area contributed by atoms with Gasteiger partial charge in [0.2, 0.25) is 0 Å². The molecule has 2 aromatic carbocycles. The lowest BCUT2D eigenvalue weighted by Gasteiger charge is -2.06. The maximum Gasteiger partial charge on any atom is 0.135 e. The normalized spacial score (nSPS) is 11.3. The van der Waals surface area contributed by atoms with Gasteiger partial charge in [-0.3, -0.25) is 0 Å². The molecule has 0 unspecified atom stereocenters. The van der Waals surface area contributed by atoms with Gasteiger partial charge in [0.05, 0.1) is 6.54 Å². The van der Waals surface area contributed by atoms with E-state index in [1.165, 1.54) is 32.5 Å². The molecule has 0 saturated heterocycles. The minimum atomic E-state index is 0.717. The van der Waals surface area contributed by atoms with Gasteiger partial charge in [-0.25, -0.2) is 0 Å². The van der Waals surface area contributed by atoms with Crippen LogP contribution in [0.3, 0.4) is 0 Å². The predicted molar refractivity (Wildman–Crippen MR) is 106 cm³/mol. The number of fused-ring (bicyclic) bond motifs is 1. The van der Waals surface area contributed by atoms with Crippen molar-refractivity contribution in [3.63, 3.8) is 0 Å². The van der Waals surface area contributed by atoms with Crippen LogP contribution in [0.2, 0.25) is 0 Å². The molecule has 0 radical (unpaired) electrons. The van der Waals surface area contributed by atoms with Crippen LogP contribution in [0.1, 0.15) is 21.8 Å². The van der Waals surface area contributed by atoms with Gasteiger partial charge in [0.15, 0.2) is 0 Å². The van der Waals surface area contributed by atoms with Gasteiger partial charge >= 0.3 is 0 Å². The molecule has 4 aromatic rings. The van der Waals surface area contributed by atoms with E-state index in [2.05, 4.69) is 79.1 Å². The summed E-state index contributed by atoms with van der Waals surface area (Å²) in [6.07, 6.45) is 0. The van der Waals surface area contributed by atoms with E-state index in [4.69, 9.17) is 4.42 Å². The molecular weight excluding hydrogens is 326 g/mol. The molecule has 0 aliphatic carbocycles. The number of hydrogen-bond donors (Lipinski definition) is 1. The van der Waals surface area contributed by atoms with Crippen molar-refractivity contribution in [1.82, 2.24) is 5.32 Å². The topological polar surface area (TPSA) is 25.2 Å². The fraction of sp³-hybridized carbons (Fsp3) is 0.182. The quantitative estimate of drug-likeness (QED) is 0.474. The summed E-state index contributed by atoms with van der Waals surface area (Å²) >= 11 is 1.77. The van der Waals surface area contributed by atoms with Crippen molar-refractivity contribution >= 4 is 22.3 Å². The van der Waals surface area contributed by atoms with Crippen LogP contribution >= 0.6 is 11.3 Å². The minimum absolute atomic E-state index is 0.717. The monoisotopic (exact) mass is 347 g/mol. The van der Waals surface area contributed by atoms with Crippen LogP contribution in [0, 0.1) is 13.8 Å². The number of rotatable bonds is 5. The highest BCUT2D eigenvalue weighted by Gasteiger charge is 2.16. The Bertz CT molecular complexity index is 981. The van der Waals surface area contributed by atoms with E-state index in [-0.39, 0.29) is 0 Å². The van der Waals surface area contributed by atoms with Crippen molar-refractivity contribution < 1.29 is 4.42 Å².